The summed E-state index contributed by atoms with van der Waals surface area (Å²) < 4.78 is 28.6. The van der Waals surface area contributed by atoms with Gasteiger partial charge in [0.2, 0.25) is 10.0 Å². The van der Waals surface area contributed by atoms with Crippen molar-refractivity contribution in [3.05, 3.63) is 137 Å². The molecule has 5 nitrogen and oxygen atoms in total. The van der Waals surface area contributed by atoms with Gasteiger partial charge < -0.3 is 10.6 Å². The second-order valence-electron chi connectivity index (χ2n) is 11.0. The van der Waals surface area contributed by atoms with E-state index in [4.69, 9.17) is 0 Å². The molecule has 1 atom stereocenters. The van der Waals surface area contributed by atoms with Crippen LogP contribution in [0.2, 0.25) is 0 Å². The largest absolute Gasteiger partial charge is 0.313 e. The summed E-state index contributed by atoms with van der Waals surface area (Å²) >= 11 is 0. The van der Waals surface area contributed by atoms with Gasteiger partial charge in [-0.3, -0.25) is 0 Å². The lowest BCUT2D eigenvalue weighted by Crippen LogP contribution is -2.45. The van der Waals surface area contributed by atoms with E-state index in [0.29, 0.717) is 13.1 Å². The molecule has 1 saturated heterocycles. The van der Waals surface area contributed by atoms with Gasteiger partial charge in [-0.15, -0.1) is 0 Å². The highest BCUT2D eigenvalue weighted by Crippen LogP contribution is 2.23. The van der Waals surface area contributed by atoms with E-state index in [2.05, 4.69) is 71.3 Å². The van der Waals surface area contributed by atoms with Crippen LogP contribution in [-0.4, -0.2) is 38.4 Å². The Bertz CT molecular complexity index is 1500. The second kappa shape index (κ2) is 15.1. The summed E-state index contributed by atoms with van der Waals surface area (Å²) in [5, 5.41) is 8.38. The van der Waals surface area contributed by atoms with Crippen LogP contribution in [0.1, 0.15) is 41.5 Å². The van der Waals surface area contributed by atoms with Crippen LogP contribution in [-0.2, 0) is 29.5 Å². The Morgan fingerprint density at radius 1 is 0.762 bits per heavy atom. The molecule has 0 spiro atoms. The molecule has 5 rings (SSSR count). The van der Waals surface area contributed by atoms with Crippen LogP contribution < -0.4 is 10.6 Å². The van der Waals surface area contributed by atoms with Gasteiger partial charge in [0.25, 0.3) is 0 Å². The van der Waals surface area contributed by atoms with Crippen LogP contribution in [0.3, 0.4) is 0 Å². The molecule has 218 valence electrons. The first-order valence-corrected chi connectivity index (χ1v) is 16.4. The summed E-state index contributed by atoms with van der Waals surface area (Å²) in [7, 11) is -3.60. The van der Waals surface area contributed by atoms with E-state index in [1.807, 2.05) is 48.5 Å². The summed E-state index contributed by atoms with van der Waals surface area (Å²) in [5.41, 5.74) is 6.72. The molecule has 0 bridgehead atoms. The molecule has 1 unspecified atom stereocenters. The Labute approximate surface area is 251 Å². The molecule has 4 aromatic carbocycles. The van der Waals surface area contributed by atoms with Gasteiger partial charge in [-0.05, 0) is 71.8 Å². The smallest absolute Gasteiger partial charge is 0.236 e. The fourth-order valence-electron chi connectivity index (χ4n) is 5.33. The first-order chi connectivity index (χ1) is 20.5. The first-order valence-electron chi connectivity index (χ1n) is 14.9. The third kappa shape index (κ3) is 8.97. The standard InChI is InChI=1S/C36H41N3O2S/c40-42(41,26-23-31-11-5-2-6-12-31)39(29-36-13-7-8-24-38-36)28-33-16-20-35(21-17-33)34-18-14-32(15-19-34)27-37-25-22-30-9-3-1-4-10-30/h1-6,9-12,14-21,23,26,36-38H,7-8,13,22,24-25,27-29H2/b26-23+. The molecule has 4 aromatic rings. The van der Waals surface area contributed by atoms with E-state index in [9.17, 15) is 8.42 Å². The van der Waals surface area contributed by atoms with Crippen molar-refractivity contribution in [1.82, 2.24) is 14.9 Å². The third-order valence-corrected chi connectivity index (χ3v) is 9.27. The van der Waals surface area contributed by atoms with Crippen molar-refractivity contribution >= 4 is 16.1 Å². The molecule has 0 aromatic heterocycles. The molecular formula is C36H41N3O2S. The van der Waals surface area contributed by atoms with Crippen LogP contribution in [0.4, 0.5) is 0 Å². The average Bonchev–Trinajstić information content (AvgIpc) is 3.04. The number of nitrogens with zero attached hydrogens (tertiary/aromatic N) is 1. The zero-order chi connectivity index (χ0) is 29.0. The maximum Gasteiger partial charge on any atom is 0.236 e. The van der Waals surface area contributed by atoms with Crippen LogP contribution >= 0.6 is 0 Å². The van der Waals surface area contributed by atoms with Crippen LogP contribution in [0.15, 0.2) is 115 Å². The van der Waals surface area contributed by atoms with E-state index in [0.717, 1.165) is 67.6 Å². The SMILES string of the molecule is O=S(=O)(/C=C/c1ccccc1)N(Cc1ccc(-c2ccc(CNCCc3ccccc3)cc2)cc1)CC1CCCCN1. The molecule has 1 aliphatic rings. The van der Waals surface area contributed by atoms with Gasteiger partial charge in [0.15, 0.2) is 0 Å². The zero-order valence-corrected chi connectivity index (χ0v) is 25.0. The Kier molecular flexibility index (Phi) is 10.7. The molecule has 1 heterocycles. The summed E-state index contributed by atoms with van der Waals surface area (Å²) in [6.45, 7) is 3.52. The van der Waals surface area contributed by atoms with Gasteiger partial charge in [-0.25, -0.2) is 8.42 Å². The van der Waals surface area contributed by atoms with Gasteiger partial charge in [0, 0.05) is 31.1 Å². The number of piperidine rings is 1. The average molecular weight is 580 g/mol. The number of sulfonamides is 1. The molecular weight excluding hydrogens is 538 g/mol. The van der Waals surface area contributed by atoms with E-state index in [-0.39, 0.29) is 6.04 Å². The van der Waals surface area contributed by atoms with Crippen molar-refractivity contribution in [1.29, 1.82) is 0 Å². The Balaban J connectivity index is 1.20. The number of benzene rings is 4. The lowest BCUT2D eigenvalue weighted by molar-refractivity contribution is 0.311. The van der Waals surface area contributed by atoms with Crippen molar-refractivity contribution in [3.63, 3.8) is 0 Å². The van der Waals surface area contributed by atoms with Crippen molar-refractivity contribution in [3.8, 4) is 11.1 Å². The normalized spacial score (nSPS) is 15.8. The number of hydrogen-bond acceptors (Lipinski definition) is 4. The summed E-state index contributed by atoms with van der Waals surface area (Å²) in [4.78, 5) is 0. The minimum absolute atomic E-state index is 0.171. The maximum absolute atomic E-state index is 13.5. The van der Waals surface area contributed by atoms with E-state index in [1.54, 1.807) is 10.4 Å². The van der Waals surface area contributed by atoms with Crippen LogP contribution in [0.25, 0.3) is 17.2 Å². The topological polar surface area (TPSA) is 61.4 Å². The van der Waals surface area contributed by atoms with Crippen molar-refractivity contribution in [2.24, 2.45) is 0 Å². The minimum Gasteiger partial charge on any atom is -0.313 e. The molecule has 1 aliphatic heterocycles. The van der Waals surface area contributed by atoms with Crippen molar-refractivity contribution < 1.29 is 8.42 Å². The van der Waals surface area contributed by atoms with Crippen molar-refractivity contribution in [2.45, 2.75) is 44.8 Å². The van der Waals surface area contributed by atoms with Crippen LogP contribution in [0, 0.1) is 0 Å². The van der Waals surface area contributed by atoms with Gasteiger partial charge in [0.1, 0.15) is 0 Å². The highest BCUT2D eigenvalue weighted by atomic mass is 32.2. The molecule has 0 aliphatic carbocycles. The van der Waals surface area contributed by atoms with Gasteiger partial charge in [-0.1, -0.05) is 116 Å². The van der Waals surface area contributed by atoms with Crippen molar-refractivity contribution in [2.75, 3.05) is 19.6 Å². The number of rotatable bonds is 13. The molecule has 0 radical (unpaired) electrons. The Morgan fingerprint density at radius 3 is 2.05 bits per heavy atom. The lowest BCUT2D eigenvalue weighted by atomic mass is 10.0. The second-order valence-corrected chi connectivity index (χ2v) is 12.8. The fourth-order valence-corrected chi connectivity index (χ4v) is 6.55. The highest BCUT2D eigenvalue weighted by Gasteiger charge is 2.24. The van der Waals surface area contributed by atoms with E-state index < -0.39 is 10.0 Å². The lowest BCUT2D eigenvalue weighted by Gasteiger charge is -2.29. The number of hydrogen-bond donors (Lipinski definition) is 2. The maximum atomic E-state index is 13.5. The predicted molar refractivity (Wildman–Crippen MR) is 174 cm³/mol. The molecule has 0 saturated carbocycles. The van der Waals surface area contributed by atoms with E-state index in [1.165, 1.54) is 16.5 Å². The van der Waals surface area contributed by atoms with Gasteiger partial charge in [-0.2, -0.15) is 4.31 Å². The quantitative estimate of drug-likeness (QED) is 0.175. The molecule has 2 N–H and O–H groups in total. The summed E-state index contributed by atoms with van der Waals surface area (Å²) in [5.74, 6) is 0. The fraction of sp³-hybridized carbons (Fsp3) is 0.278. The third-order valence-electron chi connectivity index (χ3n) is 7.79. The Hall–Kier alpha value is -3.55. The highest BCUT2D eigenvalue weighted by molar-refractivity contribution is 7.92. The summed E-state index contributed by atoms with van der Waals surface area (Å²) in [6, 6.07) is 37.2. The molecule has 1 fully saturated rings. The summed E-state index contributed by atoms with van der Waals surface area (Å²) in [6.07, 6.45) is 5.96. The first kappa shape index (κ1) is 29.9. The molecule has 6 heteroatoms. The van der Waals surface area contributed by atoms with Crippen LogP contribution in [0.5, 0.6) is 0 Å². The minimum atomic E-state index is -3.60. The zero-order valence-electron chi connectivity index (χ0n) is 24.2. The van der Waals surface area contributed by atoms with E-state index >= 15 is 0 Å². The Morgan fingerprint density at radius 2 is 1.40 bits per heavy atom. The molecule has 0 amide bonds. The molecule has 42 heavy (non-hydrogen) atoms. The van der Waals surface area contributed by atoms with Gasteiger partial charge >= 0.3 is 0 Å². The van der Waals surface area contributed by atoms with Gasteiger partial charge in [0.05, 0.1) is 0 Å². The monoisotopic (exact) mass is 579 g/mol. The predicted octanol–water partition coefficient (Wildman–Crippen LogP) is 6.63. The number of nitrogens with one attached hydrogen (secondary N) is 2.